The third kappa shape index (κ3) is 1.76. The van der Waals surface area contributed by atoms with Crippen LogP contribution in [-0.4, -0.2) is 26.2 Å². The maximum atomic E-state index is 11.8. The molecule has 1 aliphatic carbocycles. The van der Waals surface area contributed by atoms with Gasteiger partial charge in [0.2, 0.25) is 0 Å². The van der Waals surface area contributed by atoms with Crippen LogP contribution in [-0.2, 0) is 19.1 Å². The Balaban J connectivity index is 3.26. The molecule has 1 saturated carbocycles. The van der Waals surface area contributed by atoms with E-state index < -0.39 is 23.2 Å². The fourth-order valence-electron chi connectivity index (χ4n) is 1.75. The standard InChI is InChI=1S/C11H16O4/c1-7-5-11(6-8(7)2,9(12)14-3)10(13)15-4/h8H,1,5-6H2,2-4H3/i1D,2D,8D. The van der Waals surface area contributed by atoms with Gasteiger partial charge in [-0.05, 0) is 18.7 Å². The van der Waals surface area contributed by atoms with Gasteiger partial charge in [0, 0.05) is 2.74 Å². The van der Waals surface area contributed by atoms with Gasteiger partial charge in [0.05, 0.1) is 15.6 Å². The van der Waals surface area contributed by atoms with Gasteiger partial charge in [0.25, 0.3) is 0 Å². The zero-order valence-electron chi connectivity index (χ0n) is 11.8. The van der Waals surface area contributed by atoms with Crippen molar-refractivity contribution >= 4 is 11.9 Å². The number of methoxy groups -OCH3 is 2. The second kappa shape index (κ2) is 4.04. The number of allylic oxidation sites excluding steroid dienone is 1. The van der Waals surface area contributed by atoms with E-state index in [-0.39, 0.29) is 25.3 Å². The minimum absolute atomic E-state index is 0.0990. The molecule has 0 aromatic rings. The lowest BCUT2D eigenvalue weighted by atomic mass is 9.85. The van der Waals surface area contributed by atoms with Crippen LogP contribution in [0, 0.1) is 11.3 Å². The second-order valence-corrected chi connectivity index (χ2v) is 3.55. The lowest BCUT2D eigenvalue weighted by molar-refractivity contribution is -0.168. The molecule has 84 valence electrons. The zero-order valence-corrected chi connectivity index (χ0v) is 8.83. The highest BCUT2D eigenvalue weighted by molar-refractivity contribution is 6.01. The van der Waals surface area contributed by atoms with Gasteiger partial charge in [0.15, 0.2) is 5.41 Å². The summed E-state index contributed by atoms with van der Waals surface area (Å²) in [6.45, 7) is 0.614. The molecule has 1 atom stereocenters. The number of hydrogen-bond donors (Lipinski definition) is 0. The van der Waals surface area contributed by atoms with E-state index in [1.807, 2.05) is 0 Å². The normalized spacial score (nSPS) is 34.0. The van der Waals surface area contributed by atoms with Crippen molar-refractivity contribution < 1.29 is 23.2 Å². The maximum absolute atomic E-state index is 11.8. The largest absolute Gasteiger partial charge is 0.468 e. The zero-order chi connectivity index (χ0) is 14.0. The van der Waals surface area contributed by atoms with Gasteiger partial charge in [-0.25, -0.2) is 0 Å². The van der Waals surface area contributed by atoms with Gasteiger partial charge < -0.3 is 9.47 Å². The molecular formula is C11H16O4. The molecule has 0 radical (unpaired) electrons. The van der Waals surface area contributed by atoms with Crippen LogP contribution in [0.2, 0.25) is 0 Å². The lowest BCUT2D eigenvalue weighted by Crippen LogP contribution is -2.39. The van der Waals surface area contributed by atoms with Crippen LogP contribution in [0.3, 0.4) is 0 Å². The van der Waals surface area contributed by atoms with Crippen LogP contribution in [0.25, 0.3) is 0 Å². The number of hydrogen-bond acceptors (Lipinski definition) is 4. The summed E-state index contributed by atoms with van der Waals surface area (Å²) < 4.78 is 32.0. The summed E-state index contributed by atoms with van der Waals surface area (Å²) in [5.74, 6) is -2.98. The Kier molecular flexibility index (Phi) is 2.13. The number of carbonyl (C=O) groups excluding carboxylic acids is 2. The molecule has 0 amide bonds. The van der Waals surface area contributed by atoms with Crippen LogP contribution in [0.4, 0.5) is 0 Å². The smallest absolute Gasteiger partial charge is 0.323 e. The Bertz CT molecular complexity index is 378. The topological polar surface area (TPSA) is 52.6 Å². The average molecular weight is 215 g/mol. The first kappa shape index (κ1) is 7.91. The van der Waals surface area contributed by atoms with Crippen LogP contribution in [0.5, 0.6) is 0 Å². The molecule has 0 spiro atoms. The first-order chi connectivity index (χ1) is 8.40. The van der Waals surface area contributed by atoms with Crippen LogP contribution < -0.4 is 0 Å². The lowest BCUT2D eigenvalue weighted by Gasteiger charge is -2.22. The summed E-state index contributed by atoms with van der Waals surface area (Å²) in [6, 6.07) is 0. The van der Waals surface area contributed by atoms with Gasteiger partial charge in [-0.1, -0.05) is 19.0 Å². The van der Waals surface area contributed by atoms with Crippen molar-refractivity contribution in [3.63, 3.8) is 0 Å². The molecule has 0 heterocycles. The van der Waals surface area contributed by atoms with Gasteiger partial charge in [-0.3, -0.25) is 9.59 Å². The highest BCUT2D eigenvalue weighted by Gasteiger charge is 2.53. The minimum Gasteiger partial charge on any atom is -0.468 e. The molecule has 1 unspecified atom stereocenters. The summed E-state index contributed by atoms with van der Waals surface area (Å²) in [5.41, 5.74) is -1.33. The van der Waals surface area contributed by atoms with Crippen molar-refractivity contribution in [1.82, 2.24) is 0 Å². The Labute approximate surface area is 93.5 Å². The molecule has 0 aliphatic heterocycles. The molecule has 0 saturated heterocycles. The molecule has 0 bridgehead atoms. The van der Waals surface area contributed by atoms with Crippen LogP contribution >= 0.6 is 0 Å². The Morgan fingerprint density at radius 2 is 2.20 bits per heavy atom. The van der Waals surface area contributed by atoms with Gasteiger partial charge in [-0.15, -0.1) is 0 Å². The first-order valence-corrected chi connectivity index (χ1v) is 4.44. The predicted octanol–water partition coefficient (Wildman–Crippen LogP) is 1.30. The van der Waals surface area contributed by atoms with E-state index in [0.29, 0.717) is 0 Å². The maximum Gasteiger partial charge on any atom is 0.323 e. The van der Waals surface area contributed by atoms with E-state index in [2.05, 4.69) is 9.47 Å². The highest BCUT2D eigenvalue weighted by atomic mass is 16.5. The van der Waals surface area contributed by atoms with Crippen molar-refractivity contribution in [1.29, 1.82) is 0 Å². The number of ether oxygens (including phenoxy) is 2. The Hall–Kier alpha value is -1.32. The van der Waals surface area contributed by atoms with E-state index in [9.17, 15) is 9.59 Å². The first-order valence-electron chi connectivity index (χ1n) is 6.22. The van der Waals surface area contributed by atoms with E-state index in [4.69, 9.17) is 4.11 Å². The average Bonchev–Trinajstić information content (AvgIpc) is 2.72. The molecule has 0 aromatic carbocycles. The van der Waals surface area contributed by atoms with E-state index in [1.54, 1.807) is 0 Å². The van der Waals surface area contributed by atoms with E-state index in [1.165, 1.54) is 0 Å². The molecule has 1 rings (SSSR count). The van der Waals surface area contributed by atoms with Crippen molar-refractivity contribution in [2.45, 2.75) is 19.7 Å². The molecule has 1 aliphatic rings. The third-order valence-electron chi connectivity index (χ3n) is 2.61. The molecule has 15 heavy (non-hydrogen) atoms. The van der Waals surface area contributed by atoms with Gasteiger partial charge in [-0.2, -0.15) is 0 Å². The highest BCUT2D eigenvalue weighted by Crippen LogP contribution is 2.46. The monoisotopic (exact) mass is 215 g/mol. The van der Waals surface area contributed by atoms with Crippen LogP contribution in [0.1, 0.15) is 23.9 Å². The van der Waals surface area contributed by atoms with Crippen molar-refractivity contribution in [3.05, 3.63) is 12.1 Å². The van der Waals surface area contributed by atoms with E-state index in [0.717, 1.165) is 20.8 Å². The number of rotatable bonds is 2. The van der Waals surface area contributed by atoms with Crippen molar-refractivity contribution in [2.24, 2.45) is 11.3 Å². The fraction of sp³-hybridized carbons (Fsp3) is 0.636. The quantitative estimate of drug-likeness (QED) is 0.396. The number of esters is 2. The second-order valence-electron chi connectivity index (χ2n) is 3.55. The summed E-state index contributed by atoms with van der Waals surface area (Å²) in [6.07, 6.45) is -0.286. The molecule has 4 nitrogen and oxygen atoms in total. The van der Waals surface area contributed by atoms with Crippen molar-refractivity contribution in [3.8, 4) is 0 Å². The predicted molar refractivity (Wildman–Crippen MR) is 54.0 cm³/mol. The SMILES string of the molecule is [2H]C=C1CC(C(=O)OC)(C(=O)OC)CC1([2H])C[2H]. The van der Waals surface area contributed by atoms with E-state index >= 15 is 0 Å². The summed E-state index contributed by atoms with van der Waals surface area (Å²) >= 11 is 0. The summed E-state index contributed by atoms with van der Waals surface area (Å²) in [4.78, 5) is 23.7. The van der Waals surface area contributed by atoms with Gasteiger partial charge >= 0.3 is 11.9 Å². The molecule has 0 aromatic heterocycles. The third-order valence-corrected chi connectivity index (χ3v) is 2.61. The molecule has 4 heteroatoms. The molecule has 0 N–H and O–H groups in total. The molecular weight excluding hydrogens is 196 g/mol. The van der Waals surface area contributed by atoms with Gasteiger partial charge in [0.1, 0.15) is 0 Å². The van der Waals surface area contributed by atoms with Crippen LogP contribution in [0.15, 0.2) is 12.1 Å². The Morgan fingerprint density at radius 3 is 2.53 bits per heavy atom. The van der Waals surface area contributed by atoms with Crippen molar-refractivity contribution in [2.75, 3.05) is 14.2 Å². The number of carbonyl (C=O) groups is 2. The Morgan fingerprint density at radius 1 is 1.60 bits per heavy atom. The summed E-state index contributed by atoms with van der Waals surface area (Å²) in [5, 5.41) is 0. The fourth-order valence-corrected chi connectivity index (χ4v) is 1.75. The minimum atomic E-state index is -1.60. The molecule has 1 fully saturated rings. The summed E-state index contributed by atoms with van der Waals surface area (Å²) in [7, 11) is 2.31.